The predicted octanol–water partition coefficient (Wildman–Crippen LogP) is 4.62. The van der Waals surface area contributed by atoms with Crippen LogP contribution in [0, 0.1) is 11.6 Å². The molecule has 0 radical (unpaired) electrons. The molecule has 3 aromatic rings. The third-order valence-electron chi connectivity index (χ3n) is 3.12. The summed E-state index contributed by atoms with van der Waals surface area (Å²) in [4.78, 5) is 0. The Morgan fingerprint density at radius 3 is 2.68 bits per heavy atom. The van der Waals surface area contributed by atoms with Crippen LogP contribution in [-0.4, -0.2) is 4.57 Å². The fraction of sp³-hybridized carbons (Fsp3) is 0.0667. The van der Waals surface area contributed by atoms with E-state index in [0.29, 0.717) is 17.1 Å². The normalized spacial score (nSPS) is 11.1. The summed E-state index contributed by atoms with van der Waals surface area (Å²) in [6, 6.07) is 10.9. The van der Waals surface area contributed by atoms with E-state index in [-0.39, 0.29) is 11.6 Å². The first kappa shape index (κ1) is 12.2. The summed E-state index contributed by atoms with van der Waals surface area (Å²) in [6.45, 7) is 0.320. The van der Waals surface area contributed by atoms with Crippen molar-refractivity contribution in [3.63, 3.8) is 0 Å². The van der Waals surface area contributed by atoms with Gasteiger partial charge in [-0.15, -0.1) is 0 Å². The lowest BCUT2D eigenvalue weighted by Gasteiger charge is -2.08. The van der Waals surface area contributed by atoms with Gasteiger partial charge in [-0.25, -0.2) is 8.78 Å². The smallest absolute Gasteiger partial charge is 0.129 e. The molecule has 0 atom stereocenters. The van der Waals surface area contributed by atoms with Gasteiger partial charge in [0.1, 0.15) is 11.6 Å². The lowest BCUT2D eigenvalue weighted by atomic mass is 10.2. The van der Waals surface area contributed by atoms with Gasteiger partial charge >= 0.3 is 0 Å². The lowest BCUT2D eigenvalue weighted by molar-refractivity contribution is 0.602. The summed E-state index contributed by atoms with van der Waals surface area (Å²) in [6.07, 6.45) is 1.80. The lowest BCUT2D eigenvalue weighted by Crippen LogP contribution is -2.01. The zero-order chi connectivity index (χ0) is 13.4. The first-order valence-electron chi connectivity index (χ1n) is 5.82. The van der Waals surface area contributed by atoms with E-state index >= 15 is 0 Å². The highest BCUT2D eigenvalue weighted by Gasteiger charge is 2.09. The molecule has 0 saturated carbocycles. The van der Waals surface area contributed by atoms with Crippen molar-refractivity contribution in [2.45, 2.75) is 6.54 Å². The molecule has 0 aliphatic heterocycles. The molecule has 3 rings (SSSR count). The molecular formula is C15H10ClF2N. The molecule has 1 nitrogen and oxygen atoms in total. The van der Waals surface area contributed by atoms with Gasteiger partial charge in [0.05, 0.1) is 6.54 Å². The number of hydrogen-bond donors (Lipinski definition) is 0. The molecule has 0 bridgehead atoms. The van der Waals surface area contributed by atoms with Gasteiger partial charge in [0, 0.05) is 27.7 Å². The molecule has 4 heteroatoms. The van der Waals surface area contributed by atoms with Crippen molar-refractivity contribution in [3.05, 3.63) is 70.9 Å². The monoisotopic (exact) mass is 277 g/mol. The Labute approximate surface area is 114 Å². The molecule has 0 fully saturated rings. The van der Waals surface area contributed by atoms with Crippen molar-refractivity contribution in [2.75, 3.05) is 0 Å². The van der Waals surface area contributed by atoms with Crippen LogP contribution in [0.15, 0.2) is 48.7 Å². The number of fused-ring (bicyclic) bond motifs is 1. The van der Waals surface area contributed by atoms with Crippen LogP contribution in [0.5, 0.6) is 0 Å². The van der Waals surface area contributed by atoms with Crippen molar-refractivity contribution < 1.29 is 8.78 Å². The van der Waals surface area contributed by atoms with Crippen LogP contribution >= 0.6 is 11.6 Å². The SMILES string of the molecule is Fc1ccc2c(ccn2Cc2c(F)cccc2Cl)c1. The Hall–Kier alpha value is -1.87. The van der Waals surface area contributed by atoms with Gasteiger partial charge in [0.2, 0.25) is 0 Å². The standard InChI is InChI=1S/C15H10ClF2N/c16-13-2-1-3-14(18)12(13)9-19-7-6-10-8-11(17)4-5-15(10)19/h1-8H,9H2. The van der Waals surface area contributed by atoms with Crippen LogP contribution in [0.4, 0.5) is 8.78 Å². The van der Waals surface area contributed by atoms with Crippen LogP contribution in [0.3, 0.4) is 0 Å². The highest BCUT2D eigenvalue weighted by molar-refractivity contribution is 6.31. The van der Waals surface area contributed by atoms with Gasteiger partial charge in [-0.1, -0.05) is 17.7 Å². The molecule has 0 N–H and O–H groups in total. The summed E-state index contributed by atoms with van der Waals surface area (Å²) in [7, 11) is 0. The van der Waals surface area contributed by atoms with Crippen LogP contribution in [0.25, 0.3) is 10.9 Å². The summed E-state index contributed by atoms with van der Waals surface area (Å²) in [5, 5.41) is 1.18. The molecule has 0 unspecified atom stereocenters. The van der Waals surface area contributed by atoms with Crippen molar-refractivity contribution in [1.29, 1.82) is 0 Å². The summed E-state index contributed by atoms with van der Waals surface area (Å²) < 4.78 is 28.7. The minimum atomic E-state index is -0.337. The van der Waals surface area contributed by atoms with Crippen LogP contribution in [0.2, 0.25) is 5.02 Å². The molecule has 19 heavy (non-hydrogen) atoms. The molecular weight excluding hydrogens is 268 g/mol. The Kier molecular flexibility index (Phi) is 2.99. The average molecular weight is 278 g/mol. The van der Waals surface area contributed by atoms with Crippen LogP contribution < -0.4 is 0 Å². The maximum atomic E-state index is 13.7. The van der Waals surface area contributed by atoms with Crippen LogP contribution in [0.1, 0.15) is 5.56 Å². The third kappa shape index (κ3) is 2.22. The number of halogens is 3. The predicted molar refractivity (Wildman–Crippen MR) is 72.4 cm³/mol. The van der Waals surface area contributed by atoms with E-state index in [9.17, 15) is 8.78 Å². The largest absolute Gasteiger partial charge is 0.343 e. The van der Waals surface area contributed by atoms with Crippen molar-refractivity contribution >= 4 is 22.5 Å². The van der Waals surface area contributed by atoms with Crippen LogP contribution in [-0.2, 0) is 6.54 Å². The van der Waals surface area contributed by atoms with E-state index in [2.05, 4.69) is 0 Å². The molecule has 2 aromatic carbocycles. The Bertz CT molecular complexity index is 729. The van der Waals surface area contributed by atoms with Gasteiger partial charge in [-0.2, -0.15) is 0 Å². The molecule has 0 spiro atoms. The van der Waals surface area contributed by atoms with Gasteiger partial charge in [-0.3, -0.25) is 0 Å². The fourth-order valence-corrected chi connectivity index (χ4v) is 2.39. The fourth-order valence-electron chi connectivity index (χ4n) is 2.16. The van der Waals surface area contributed by atoms with Gasteiger partial charge in [0.15, 0.2) is 0 Å². The van der Waals surface area contributed by atoms with E-state index < -0.39 is 0 Å². The second-order valence-corrected chi connectivity index (χ2v) is 4.75. The number of aromatic nitrogens is 1. The zero-order valence-corrected chi connectivity index (χ0v) is 10.7. The average Bonchev–Trinajstić information content (AvgIpc) is 2.76. The first-order valence-corrected chi connectivity index (χ1v) is 6.20. The summed E-state index contributed by atoms with van der Waals surface area (Å²) in [5.41, 5.74) is 1.28. The first-order chi connectivity index (χ1) is 9.15. The molecule has 1 aromatic heterocycles. The zero-order valence-electron chi connectivity index (χ0n) is 9.91. The van der Waals surface area contributed by atoms with Crippen molar-refractivity contribution in [2.24, 2.45) is 0 Å². The van der Waals surface area contributed by atoms with E-state index in [1.54, 1.807) is 30.5 Å². The Morgan fingerprint density at radius 2 is 1.89 bits per heavy atom. The Balaban J connectivity index is 2.06. The highest BCUT2D eigenvalue weighted by atomic mass is 35.5. The Morgan fingerprint density at radius 1 is 1.05 bits per heavy atom. The quantitative estimate of drug-likeness (QED) is 0.644. The number of hydrogen-bond acceptors (Lipinski definition) is 0. The molecule has 1 heterocycles. The molecule has 0 aliphatic carbocycles. The van der Waals surface area contributed by atoms with Crippen molar-refractivity contribution in [3.8, 4) is 0 Å². The van der Waals surface area contributed by atoms with Gasteiger partial charge < -0.3 is 4.57 Å². The van der Waals surface area contributed by atoms with Gasteiger partial charge in [0.25, 0.3) is 0 Å². The number of benzene rings is 2. The molecule has 0 saturated heterocycles. The maximum absolute atomic E-state index is 13.7. The summed E-state index contributed by atoms with van der Waals surface area (Å²) >= 11 is 6.01. The minimum Gasteiger partial charge on any atom is -0.343 e. The van der Waals surface area contributed by atoms with Gasteiger partial charge in [-0.05, 0) is 36.4 Å². The minimum absolute atomic E-state index is 0.283. The second kappa shape index (κ2) is 4.67. The highest BCUT2D eigenvalue weighted by Crippen LogP contribution is 2.23. The third-order valence-corrected chi connectivity index (χ3v) is 3.48. The molecule has 96 valence electrons. The molecule has 0 aliphatic rings. The van der Waals surface area contributed by atoms with E-state index in [0.717, 1.165) is 10.9 Å². The van der Waals surface area contributed by atoms with E-state index in [1.807, 2.05) is 4.57 Å². The number of rotatable bonds is 2. The maximum Gasteiger partial charge on any atom is 0.129 e. The van der Waals surface area contributed by atoms with E-state index in [1.165, 1.54) is 18.2 Å². The summed E-state index contributed by atoms with van der Waals surface area (Å²) in [5.74, 6) is -0.620. The molecule has 0 amide bonds. The van der Waals surface area contributed by atoms with Crippen molar-refractivity contribution in [1.82, 2.24) is 4.57 Å². The second-order valence-electron chi connectivity index (χ2n) is 4.35. The topological polar surface area (TPSA) is 4.93 Å². The van der Waals surface area contributed by atoms with E-state index in [4.69, 9.17) is 11.6 Å². The number of nitrogens with zero attached hydrogens (tertiary/aromatic N) is 1.